The summed E-state index contributed by atoms with van der Waals surface area (Å²) in [5.74, 6) is 0. The number of nitrogens with zero attached hydrogens (tertiary/aromatic N) is 3. The summed E-state index contributed by atoms with van der Waals surface area (Å²) in [5.41, 5.74) is 1.33. The number of anilines is 1. The van der Waals surface area contributed by atoms with Crippen molar-refractivity contribution >= 4 is 17.4 Å². The third-order valence-corrected chi connectivity index (χ3v) is 3.94. The Morgan fingerprint density at radius 3 is 2.70 bits per heavy atom. The van der Waals surface area contributed by atoms with E-state index in [1.54, 1.807) is 17.8 Å². The number of hydrogen-bond acceptors (Lipinski definition) is 4. The van der Waals surface area contributed by atoms with E-state index < -0.39 is 0 Å². The van der Waals surface area contributed by atoms with Gasteiger partial charge in [0.05, 0.1) is 10.7 Å². The zero-order valence-electron chi connectivity index (χ0n) is 11.1. The molecule has 0 radical (unpaired) electrons. The number of fused-ring (bicyclic) bond motifs is 1. The topological polar surface area (TPSA) is 50.8 Å². The molecule has 0 amide bonds. The van der Waals surface area contributed by atoms with Gasteiger partial charge >= 0.3 is 0 Å². The van der Waals surface area contributed by atoms with Crippen LogP contribution >= 0.6 is 11.8 Å². The van der Waals surface area contributed by atoms with Gasteiger partial charge < -0.3 is 4.90 Å². The predicted octanol–water partition coefficient (Wildman–Crippen LogP) is 3.99. The molecule has 4 heteroatoms. The summed E-state index contributed by atoms with van der Waals surface area (Å²) >= 11 is 1.72. The molecule has 98 valence electrons. The molecule has 0 aromatic heterocycles. The van der Waals surface area contributed by atoms with Crippen LogP contribution in [0.4, 0.5) is 5.69 Å². The molecule has 0 unspecified atom stereocenters. The number of hydrogen-bond donors (Lipinski definition) is 0. The number of allylic oxidation sites excluding steroid dienone is 5. The van der Waals surface area contributed by atoms with E-state index in [1.807, 2.05) is 36.4 Å². The van der Waals surface area contributed by atoms with E-state index in [9.17, 15) is 0 Å². The van der Waals surface area contributed by atoms with Crippen molar-refractivity contribution in [2.45, 2.75) is 11.8 Å². The Morgan fingerprint density at radius 2 is 2.00 bits per heavy atom. The van der Waals surface area contributed by atoms with Crippen LogP contribution in [0.3, 0.4) is 0 Å². The van der Waals surface area contributed by atoms with Gasteiger partial charge in [-0.1, -0.05) is 36.0 Å². The summed E-state index contributed by atoms with van der Waals surface area (Å²) < 4.78 is 0. The van der Waals surface area contributed by atoms with Crippen molar-refractivity contribution < 1.29 is 0 Å². The molecular weight excluding hydrogens is 266 g/mol. The Hall–Kier alpha value is -2.43. The summed E-state index contributed by atoms with van der Waals surface area (Å²) in [6.45, 7) is 3.02. The highest BCUT2D eigenvalue weighted by atomic mass is 32.2. The molecule has 1 aliphatic rings. The number of nitriles is 2. The van der Waals surface area contributed by atoms with Gasteiger partial charge in [0, 0.05) is 11.4 Å². The summed E-state index contributed by atoms with van der Waals surface area (Å²) in [5, 5.41) is 18.4. The SMILES string of the molecule is CCN1/C(=C/C=C/C=C(C#N)C#N)Sc2ccccc21. The fourth-order valence-corrected chi connectivity index (χ4v) is 3.03. The van der Waals surface area contributed by atoms with Crippen LogP contribution in [-0.4, -0.2) is 6.54 Å². The van der Waals surface area contributed by atoms with E-state index in [4.69, 9.17) is 10.5 Å². The van der Waals surface area contributed by atoms with Gasteiger partial charge in [0.25, 0.3) is 0 Å². The average molecular weight is 279 g/mol. The first kappa shape index (κ1) is 14.0. The van der Waals surface area contributed by atoms with Crippen molar-refractivity contribution in [1.29, 1.82) is 10.5 Å². The highest BCUT2D eigenvalue weighted by Gasteiger charge is 2.22. The number of rotatable bonds is 3. The Labute approximate surface area is 123 Å². The van der Waals surface area contributed by atoms with Gasteiger partial charge in [-0.15, -0.1) is 0 Å². The summed E-state index contributed by atoms with van der Waals surface area (Å²) in [6.07, 6.45) is 7.08. The Balaban J connectivity index is 2.18. The van der Waals surface area contributed by atoms with Gasteiger partial charge in [-0.05, 0) is 31.2 Å². The summed E-state index contributed by atoms with van der Waals surface area (Å²) in [7, 11) is 0. The van der Waals surface area contributed by atoms with Crippen LogP contribution in [0.1, 0.15) is 6.92 Å². The van der Waals surface area contributed by atoms with Crippen LogP contribution in [-0.2, 0) is 0 Å². The maximum absolute atomic E-state index is 8.63. The van der Waals surface area contributed by atoms with E-state index in [0.29, 0.717) is 0 Å². The van der Waals surface area contributed by atoms with E-state index in [2.05, 4.69) is 24.0 Å². The first-order chi connectivity index (χ1) is 9.80. The fourth-order valence-electron chi connectivity index (χ4n) is 1.89. The lowest BCUT2D eigenvalue weighted by atomic mass is 10.3. The summed E-state index contributed by atoms with van der Waals surface area (Å²) in [4.78, 5) is 3.49. The van der Waals surface area contributed by atoms with E-state index >= 15 is 0 Å². The zero-order valence-corrected chi connectivity index (χ0v) is 11.9. The second kappa shape index (κ2) is 6.65. The molecule has 1 aromatic rings. The molecule has 0 fully saturated rings. The van der Waals surface area contributed by atoms with Gasteiger partial charge in [-0.25, -0.2) is 0 Å². The minimum Gasteiger partial charge on any atom is -0.335 e. The third kappa shape index (κ3) is 2.93. The maximum Gasteiger partial charge on any atom is 0.129 e. The highest BCUT2D eigenvalue weighted by Crippen LogP contribution is 2.45. The van der Waals surface area contributed by atoms with E-state index in [0.717, 1.165) is 11.6 Å². The minimum absolute atomic E-state index is 0.106. The van der Waals surface area contributed by atoms with Crippen molar-refractivity contribution in [1.82, 2.24) is 0 Å². The largest absolute Gasteiger partial charge is 0.335 e. The van der Waals surface area contributed by atoms with Gasteiger partial charge in [0.1, 0.15) is 17.7 Å². The normalized spacial score (nSPS) is 14.9. The molecule has 1 heterocycles. The minimum atomic E-state index is 0.106. The second-order valence-corrected chi connectivity index (χ2v) is 5.07. The van der Waals surface area contributed by atoms with Gasteiger partial charge in [-0.3, -0.25) is 0 Å². The number of benzene rings is 1. The Bertz CT molecular complexity index is 656. The highest BCUT2D eigenvalue weighted by molar-refractivity contribution is 8.03. The third-order valence-electron chi connectivity index (χ3n) is 2.81. The molecule has 2 rings (SSSR count). The first-order valence-electron chi connectivity index (χ1n) is 6.23. The van der Waals surface area contributed by atoms with Crippen LogP contribution in [0.25, 0.3) is 0 Å². The van der Waals surface area contributed by atoms with Crippen molar-refractivity contribution in [3.8, 4) is 12.1 Å². The molecule has 0 atom stereocenters. The molecule has 20 heavy (non-hydrogen) atoms. The molecule has 0 spiro atoms. The molecular formula is C16H13N3S. The molecule has 0 saturated carbocycles. The van der Waals surface area contributed by atoms with Crippen LogP contribution < -0.4 is 4.90 Å². The lowest BCUT2D eigenvalue weighted by molar-refractivity contribution is 1.00. The molecule has 0 saturated heterocycles. The van der Waals surface area contributed by atoms with Crippen molar-refractivity contribution in [2.75, 3.05) is 11.4 Å². The monoisotopic (exact) mass is 279 g/mol. The van der Waals surface area contributed by atoms with Gasteiger partial charge in [0.15, 0.2) is 0 Å². The first-order valence-corrected chi connectivity index (χ1v) is 7.05. The van der Waals surface area contributed by atoms with Gasteiger partial charge in [-0.2, -0.15) is 10.5 Å². The second-order valence-electron chi connectivity index (χ2n) is 4.01. The smallest absolute Gasteiger partial charge is 0.129 e. The number of para-hydroxylation sites is 1. The number of thioether (sulfide) groups is 1. The Kier molecular flexibility index (Phi) is 4.65. The van der Waals surface area contributed by atoms with Crippen LogP contribution in [0, 0.1) is 22.7 Å². The fraction of sp³-hybridized carbons (Fsp3) is 0.125. The van der Waals surface area contributed by atoms with Crippen LogP contribution in [0.15, 0.2) is 64.1 Å². The molecule has 3 nitrogen and oxygen atoms in total. The average Bonchev–Trinajstić information content (AvgIpc) is 2.84. The lowest BCUT2D eigenvalue weighted by Crippen LogP contribution is -2.16. The predicted molar refractivity (Wildman–Crippen MR) is 81.9 cm³/mol. The molecule has 0 bridgehead atoms. The Morgan fingerprint density at radius 1 is 1.25 bits per heavy atom. The van der Waals surface area contributed by atoms with Crippen LogP contribution in [0.5, 0.6) is 0 Å². The van der Waals surface area contributed by atoms with Crippen molar-refractivity contribution in [3.63, 3.8) is 0 Å². The van der Waals surface area contributed by atoms with Crippen molar-refractivity contribution in [2.24, 2.45) is 0 Å². The zero-order chi connectivity index (χ0) is 14.4. The quantitative estimate of drug-likeness (QED) is 0.620. The van der Waals surface area contributed by atoms with Crippen molar-refractivity contribution in [3.05, 3.63) is 59.2 Å². The standard InChI is InChI=1S/C16H13N3S/c1-2-19-14-8-4-5-9-15(14)20-16(19)10-6-3-7-13(11-17)12-18/h3-10H,2H2,1H3/b6-3+,16-10-. The van der Waals surface area contributed by atoms with Gasteiger partial charge in [0.2, 0.25) is 0 Å². The van der Waals surface area contributed by atoms with Crippen LogP contribution in [0.2, 0.25) is 0 Å². The van der Waals surface area contributed by atoms with E-state index in [1.165, 1.54) is 16.7 Å². The molecule has 1 aromatic carbocycles. The lowest BCUT2D eigenvalue weighted by Gasteiger charge is -2.17. The van der Waals surface area contributed by atoms with E-state index in [-0.39, 0.29) is 5.57 Å². The molecule has 0 aliphatic carbocycles. The molecule has 0 N–H and O–H groups in total. The maximum atomic E-state index is 8.63. The summed E-state index contributed by atoms with van der Waals surface area (Å²) in [6, 6.07) is 11.9. The molecule has 1 aliphatic heterocycles.